The number of rotatable bonds is 8. The normalized spacial score (nSPS) is 22.7. The largest absolute Gasteiger partial charge is 0.312 e. The van der Waals surface area contributed by atoms with Gasteiger partial charge in [0.1, 0.15) is 5.78 Å². The second kappa shape index (κ2) is 10.6. The average molecular weight is 403 g/mol. The Bertz CT molecular complexity index is 647. The van der Waals surface area contributed by atoms with E-state index in [0.29, 0.717) is 23.7 Å². The number of ketones is 1. The van der Waals surface area contributed by atoms with E-state index in [2.05, 4.69) is 48.3 Å². The number of carbonyl (C=O) groups excluding carboxylic acids is 1. The fourth-order valence-electron chi connectivity index (χ4n) is 4.43. The Balaban J connectivity index is 1.43. The molecule has 0 aromatic heterocycles. The molecule has 3 nitrogen and oxygen atoms in total. The standard InChI is InChI=1S/C24H35ClN2O/c1-18(2)23(26-14-11-21-5-3-4-6-24(21)28)17-27-15-12-20(13-16-27)19-7-9-22(25)10-8-19/h3,5,7-10,18,20-21,23,26H,4,6,11-17H2,1-2H3/t21?,23-/m0/s1. The van der Waals surface area contributed by atoms with E-state index in [1.807, 2.05) is 12.1 Å². The lowest BCUT2D eigenvalue weighted by molar-refractivity contribution is -0.121. The van der Waals surface area contributed by atoms with Gasteiger partial charge in [-0.05, 0) is 74.8 Å². The first-order valence-electron chi connectivity index (χ1n) is 10.9. The zero-order chi connectivity index (χ0) is 19.9. The van der Waals surface area contributed by atoms with Crippen molar-refractivity contribution in [1.29, 1.82) is 0 Å². The molecule has 1 aromatic carbocycles. The van der Waals surface area contributed by atoms with Crippen LogP contribution in [0.2, 0.25) is 5.02 Å². The maximum Gasteiger partial charge on any atom is 0.140 e. The number of nitrogens with one attached hydrogen (secondary N) is 1. The first-order valence-corrected chi connectivity index (χ1v) is 11.3. The summed E-state index contributed by atoms with van der Waals surface area (Å²) in [4.78, 5) is 14.6. The van der Waals surface area contributed by atoms with Crippen LogP contribution in [-0.4, -0.2) is 42.9 Å². The quantitative estimate of drug-likeness (QED) is 0.617. The molecule has 1 N–H and O–H groups in total. The van der Waals surface area contributed by atoms with Gasteiger partial charge in [-0.15, -0.1) is 0 Å². The van der Waals surface area contributed by atoms with Gasteiger partial charge >= 0.3 is 0 Å². The Hall–Kier alpha value is -1.16. The first kappa shape index (κ1) is 21.5. The van der Waals surface area contributed by atoms with Crippen molar-refractivity contribution >= 4 is 17.4 Å². The summed E-state index contributed by atoms with van der Waals surface area (Å²) in [6, 6.07) is 8.86. The minimum atomic E-state index is 0.129. The number of piperidine rings is 1. The number of hydrogen-bond donors (Lipinski definition) is 1. The molecule has 1 unspecified atom stereocenters. The van der Waals surface area contributed by atoms with Crippen molar-refractivity contribution in [3.63, 3.8) is 0 Å². The van der Waals surface area contributed by atoms with Gasteiger partial charge in [-0.3, -0.25) is 4.79 Å². The molecule has 2 aliphatic rings. The molecule has 0 bridgehead atoms. The Morgan fingerprint density at radius 2 is 1.89 bits per heavy atom. The molecule has 1 aliphatic heterocycles. The highest BCUT2D eigenvalue weighted by molar-refractivity contribution is 6.30. The van der Waals surface area contributed by atoms with E-state index < -0.39 is 0 Å². The fraction of sp³-hybridized carbons (Fsp3) is 0.625. The molecule has 3 rings (SSSR count). The van der Waals surface area contributed by atoms with Crippen LogP contribution in [0.25, 0.3) is 0 Å². The van der Waals surface area contributed by atoms with Crippen LogP contribution in [0, 0.1) is 11.8 Å². The monoisotopic (exact) mass is 402 g/mol. The summed E-state index contributed by atoms with van der Waals surface area (Å²) in [6.07, 6.45) is 9.27. The molecule has 1 aromatic rings. The minimum absolute atomic E-state index is 0.129. The van der Waals surface area contributed by atoms with E-state index in [4.69, 9.17) is 11.6 Å². The second-order valence-electron chi connectivity index (χ2n) is 8.76. The van der Waals surface area contributed by atoms with E-state index in [9.17, 15) is 4.79 Å². The van der Waals surface area contributed by atoms with Gasteiger partial charge in [-0.1, -0.05) is 49.7 Å². The number of likely N-dealkylation sites (tertiary alicyclic amines) is 1. The van der Waals surface area contributed by atoms with E-state index in [1.165, 1.54) is 18.4 Å². The zero-order valence-corrected chi connectivity index (χ0v) is 18.1. The number of allylic oxidation sites excluding steroid dienone is 2. The summed E-state index contributed by atoms with van der Waals surface area (Å²) in [5.41, 5.74) is 1.42. The minimum Gasteiger partial charge on any atom is -0.312 e. The maximum atomic E-state index is 12.0. The van der Waals surface area contributed by atoms with Crippen molar-refractivity contribution in [3.8, 4) is 0 Å². The van der Waals surface area contributed by atoms with E-state index in [0.717, 1.165) is 50.5 Å². The number of halogens is 1. The molecular weight excluding hydrogens is 368 g/mol. The summed E-state index contributed by atoms with van der Waals surface area (Å²) < 4.78 is 0. The number of hydrogen-bond acceptors (Lipinski definition) is 3. The molecule has 2 atom stereocenters. The molecule has 0 spiro atoms. The molecule has 1 heterocycles. The summed E-state index contributed by atoms with van der Waals surface area (Å²) in [7, 11) is 0. The third-order valence-corrected chi connectivity index (χ3v) is 6.64. The van der Waals surface area contributed by atoms with Gasteiger partial charge in [-0.25, -0.2) is 0 Å². The third kappa shape index (κ3) is 6.17. The summed E-state index contributed by atoms with van der Waals surface area (Å²) >= 11 is 6.02. The molecule has 0 radical (unpaired) electrons. The van der Waals surface area contributed by atoms with Gasteiger partial charge in [0.25, 0.3) is 0 Å². The third-order valence-electron chi connectivity index (χ3n) is 6.39. The predicted octanol–water partition coefficient (Wildman–Crippen LogP) is 5.06. The Kier molecular flexibility index (Phi) is 8.13. The van der Waals surface area contributed by atoms with Crippen molar-refractivity contribution in [2.45, 2.75) is 57.9 Å². The Morgan fingerprint density at radius 1 is 1.18 bits per heavy atom. The van der Waals surface area contributed by atoms with Gasteiger partial charge in [0.2, 0.25) is 0 Å². The molecule has 1 aliphatic carbocycles. The molecular formula is C24H35ClN2O. The molecule has 0 saturated carbocycles. The van der Waals surface area contributed by atoms with Crippen LogP contribution in [0.4, 0.5) is 0 Å². The highest BCUT2D eigenvalue weighted by Gasteiger charge is 2.24. The Labute approximate surface area is 175 Å². The van der Waals surface area contributed by atoms with Crippen molar-refractivity contribution in [1.82, 2.24) is 10.2 Å². The van der Waals surface area contributed by atoms with Gasteiger partial charge in [0.15, 0.2) is 0 Å². The fourth-order valence-corrected chi connectivity index (χ4v) is 4.56. The van der Waals surface area contributed by atoms with Crippen molar-refractivity contribution in [3.05, 3.63) is 47.0 Å². The van der Waals surface area contributed by atoms with Crippen LogP contribution < -0.4 is 5.32 Å². The summed E-state index contributed by atoms with van der Waals surface area (Å²) in [5.74, 6) is 1.79. The van der Waals surface area contributed by atoms with Crippen LogP contribution in [0.5, 0.6) is 0 Å². The van der Waals surface area contributed by atoms with E-state index >= 15 is 0 Å². The van der Waals surface area contributed by atoms with Gasteiger partial charge in [0.05, 0.1) is 0 Å². The van der Waals surface area contributed by atoms with E-state index in [1.54, 1.807) is 0 Å². The Morgan fingerprint density at radius 3 is 2.54 bits per heavy atom. The lowest BCUT2D eigenvalue weighted by Gasteiger charge is -2.36. The lowest BCUT2D eigenvalue weighted by atomic mass is 9.89. The molecule has 154 valence electrons. The first-order chi connectivity index (χ1) is 13.5. The average Bonchev–Trinajstić information content (AvgIpc) is 2.70. The number of Topliss-reactive ketones (excluding diaryl/α,β-unsaturated/α-hetero) is 1. The number of carbonyl (C=O) groups is 1. The van der Waals surface area contributed by atoms with Crippen molar-refractivity contribution < 1.29 is 4.79 Å². The van der Waals surface area contributed by atoms with Crippen LogP contribution in [0.3, 0.4) is 0 Å². The SMILES string of the molecule is CC(C)[C@H](CN1CCC(c2ccc(Cl)cc2)CC1)NCCC1C=CCCC1=O. The van der Waals surface area contributed by atoms with Gasteiger partial charge in [0, 0.05) is 29.9 Å². The number of nitrogens with zero attached hydrogens (tertiary/aromatic N) is 1. The molecule has 0 amide bonds. The van der Waals surface area contributed by atoms with Crippen molar-refractivity contribution in [2.75, 3.05) is 26.2 Å². The number of benzene rings is 1. The second-order valence-corrected chi connectivity index (χ2v) is 9.20. The van der Waals surface area contributed by atoms with Gasteiger partial charge < -0.3 is 10.2 Å². The molecule has 1 fully saturated rings. The van der Waals surface area contributed by atoms with Crippen LogP contribution >= 0.6 is 11.6 Å². The topological polar surface area (TPSA) is 32.3 Å². The molecule has 4 heteroatoms. The van der Waals surface area contributed by atoms with Gasteiger partial charge in [-0.2, -0.15) is 0 Å². The van der Waals surface area contributed by atoms with Crippen LogP contribution in [-0.2, 0) is 4.79 Å². The molecule has 1 saturated heterocycles. The predicted molar refractivity (Wildman–Crippen MR) is 118 cm³/mol. The highest BCUT2D eigenvalue weighted by atomic mass is 35.5. The lowest BCUT2D eigenvalue weighted by Crippen LogP contribution is -2.47. The smallest absolute Gasteiger partial charge is 0.140 e. The zero-order valence-electron chi connectivity index (χ0n) is 17.4. The van der Waals surface area contributed by atoms with Crippen LogP contribution in [0.1, 0.15) is 57.4 Å². The highest BCUT2D eigenvalue weighted by Crippen LogP contribution is 2.29. The summed E-state index contributed by atoms with van der Waals surface area (Å²) in [5, 5.41) is 4.56. The molecule has 28 heavy (non-hydrogen) atoms. The maximum absolute atomic E-state index is 12.0. The van der Waals surface area contributed by atoms with E-state index in [-0.39, 0.29) is 5.92 Å². The van der Waals surface area contributed by atoms with Crippen LogP contribution in [0.15, 0.2) is 36.4 Å². The summed E-state index contributed by atoms with van der Waals surface area (Å²) in [6.45, 7) is 8.92. The van der Waals surface area contributed by atoms with Crippen molar-refractivity contribution in [2.24, 2.45) is 11.8 Å².